The fraction of sp³-hybridized carbons (Fsp3) is 1.00. The summed E-state index contributed by atoms with van der Waals surface area (Å²) in [6, 6.07) is -0.0490. The third kappa shape index (κ3) is 3.78. The molecule has 3 rings (SSSR count). The van der Waals surface area contributed by atoms with Crippen molar-refractivity contribution in [2.45, 2.75) is 44.6 Å². The van der Waals surface area contributed by atoms with Crippen molar-refractivity contribution in [3.05, 3.63) is 0 Å². The lowest BCUT2D eigenvalue weighted by Crippen LogP contribution is -2.57. The van der Waals surface area contributed by atoms with Crippen LogP contribution in [0.25, 0.3) is 0 Å². The van der Waals surface area contributed by atoms with Crippen molar-refractivity contribution in [1.82, 2.24) is 9.62 Å². The lowest BCUT2D eigenvalue weighted by atomic mass is 9.69. The van der Waals surface area contributed by atoms with Gasteiger partial charge >= 0.3 is 0 Å². The lowest BCUT2D eigenvalue weighted by Gasteiger charge is -2.49. The highest BCUT2D eigenvalue weighted by Gasteiger charge is 2.44. The maximum Gasteiger partial charge on any atom is 0.209 e. The maximum atomic E-state index is 11.6. The number of sulfonamides is 1. The zero-order chi connectivity index (χ0) is 14.9. The lowest BCUT2D eigenvalue weighted by molar-refractivity contribution is -0.0463. The van der Waals surface area contributed by atoms with Gasteiger partial charge < -0.3 is 9.64 Å². The Hall–Kier alpha value is -0.170. The Bertz CT molecular complexity index is 454. The summed E-state index contributed by atoms with van der Waals surface area (Å²) in [5.74, 6) is 0.915. The summed E-state index contributed by atoms with van der Waals surface area (Å²) in [6.45, 7) is 4.76. The quantitative estimate of drug-likeness (QED) is 0.847. The van der Waals surface area contributed by atoms with E-state index in [0.717, 1.165) is 44.9 Å². The van der Waals surface area contributed by atoms with Crippen LogP contribution in [-0.2, 0) is 14.8 Å². The second-order valence-electron chi connectivity index (χ2n) is 7.23. The Kier molecular flexibility index (Phi) is 4.60. The molecule has 2 heterocycles. The molecule has 6 heteroatoms. The normalized spacial score (nSPS) is 31.2. The summed E-state index contributed by atoms with van der Waals surface area (Å²) in [5, 5.41) is 0. The van der Waals surface area contributed by atoms with Gasteiger partial charge in [-0.2, -0.15) is 0 Å². The van der Waals surface area contributed by atoms with Crippen molar-refractivity contribution >= 4 is 10.0 Å². The predicted molar refractivity (Wildman–Crippen MR) is 82.7 cm³/mol. The molecule has 1 spiro atoms. The van der Waals surface area contributed by atoms with Gasteiger partial charge in [-0.25, -0.2) is 13.1 Å². The average molecular weight is 316 g/mol. The third-order valence-corrected chi connectivity index (χ3v) is 6.43. The molecular formula is C15H28N2O3S. The Morgan fingerprint density at radius 1 is 1.24 bits per heavy atom. The number of rotatable bonds is 4. The largest absolute Gasteiger partial charge is 0.380 e. The van der Waals surface area contributed by atoms with Gasteiger partial charge in [-0.15, -0.1) is 0 Å². The molecule has 5 nitrogen and oxygen atoms in total. The Balaban J connectivity index is 1.59. The van der Waals surface area contributed by atoms with E-state index in [0.29, 0.717) is 6.61 Å². The zero-order valence-corrected chi connectivity index (χ0v) is 13.8. The molecular weight excluding hydrogens is 288 g/mol. The molecule has 0 aromatic carbocycles. The summed E-state index contributed by atoms with van der Waals surface area (Å²) in [5.41, 5.74) is 0.109. The SMILES string of the molecule is CS(=O)(=O)N[C@@H]1COCCC12CCN(CC1CCC1)CC2. The predicted octanol–water partition coefficient (Wildman–Crippen LogP) is 1.21. The highest BCUT2D eigenvalue weighted by molar-refractivity contribution is 7.88. The first-order chi connectivity index (χ1) is 9.97. The molecule has 0 aromatic heterocycles. The van der Waals surface area contributed by atoms with E-state index < -0.39 is 10.0 Å². The second-order valence-corrected chi connectivity index (χ2v) is 9.01. The Morgan fingerprint density at radius 3 is 2.52 bits per heavy atom. The van der Waals surface area contributed by atoms with Crippen LogP contribution in [-0.4, -0.2) is 58.5 Å². The van der Waals surface area contributed by atoms with Crippen LogP contribution in [0.2, 0.25) is 0 Å². The molecule has 122 valence electrons. The fourth-order valence-corrected chi connectivity index (χ4v) is 4.90. The van der Waals surface area contributed by atoms with Crippen LogP contribution in [0, 0.1) is 11.3 Å². The fourth-order valence-electron chi connectivity index (χ4n) is 4.06. The molecule has 21 heavy (non-hydrogen) atoms. The van der Waals surface area contributed by atoms with E-state index in [1.165, 1.54) is 32.1 Å². The molecule has 1 atom stereocenters. The van der Waals surface area contributed by atoms with Gasteiger partial charge in [0.2, 0.25) is 10.0 Å². The number of likely N-dealkylation sites (tertiary alicyclic amines) is 1. The van der Waals surface area contributed by atoms with Crippen LogP contribution >= 0.6 is 0 Å². The van der Waals surface area contributed by atoms with Crippen LogP contribution in [0.4, 0.5) is 0 Å². The van der Waals surface area contributed by atoms with Gasteiger partial charge in [0, 0.05) is 13.2 Å². The van der Waals surface area contributed by atoms with Crippen molar-refractivity contribution in [3.8, 4) is 0 Å². The van der Waals surface area contributed by atoms with Gasteiger partial charge in [-0.3, -0.25) is 0 Å². The van der Waals surface area contributed by atoms with Gasteiger partial charge in [0.25, 0.3) is 0 Å². The van der Waals surface area contributed by atoms with Gasteiger partial charge in [0.15, 0.2) is 0 Å². The number of piperidine rings is 1. The molecule has 2 saturated heterocycles. The number of nitrogens with zero attached hydrogens (tertiary/aromatic N) is 1. The number of hydrogen-bond acceptors (Lipinski definition) is 4. The molecule has 1 saturated carbocycles. The summed E-state index contributed by atoms with van der Waals surface area (Å²) >= 11 is 0. The topological polar surface area (TPSA) is 58.6 Å². The van der Waals surface area contributed by atoms with Crippen LogP contribution in [0.1, 0.15) is 38.5 Å². The molecule has 2 aliphatic heterocycles. The second kappa shape index (κ2) is 6.14. The van der Waals surface area contributed by atoms with E-state index in [-0.39, 0.29) is 11.5 Å². The van der Waals surface area contributed by atoms with Crippen molar-refractivity contribution in [2.24, 2.45) is 11.3 Å². The van der Waals surface area contributed by atoms with Crippen LogP contribution in [0.15, 0.2) is 0 Å². The van der Waals surface area contributed by atoms with Crippen molar-refractivity contribution in [2.75, 3.05) is 39.1 Å². The summed E-state index contributed by atoms with van der Waals surface area (Å²) in [4.78, 5) is 2.59. The van der Waals surface area contributed by atoms with Crippen LogP contribution in [0.5, 0.6) is 0 Å². The van der Waals surface area contributed by atoms with Crippen LogP contribution in [0.3, 0.4) is 0 Å². The average Bonchev–Trinajstić information content (AvgIpc) is 2.37. The number of hydrogen-bond donors (Lipinski definition) is 1. The van der Waals surface area contributed by atoms with E-state index in [1.54, 1.807) is 0 Å². The van der Waals surface area contributed by atoms with Gasteiger partial charge in [0.05, 0.1) is 18.9 Å². The highest BCUT2D eigenvalue weighted by atomic mass is 32.2. The molecule has 1 N–H and O–H groups in total. The standard InChI is InChI=1S/C15H28N2O3S/c1-21(18,19)16-14-12-20-10-7-15(14)5-8-17(9-6-15)11-13-3-2-4-13/h13-14,16H,2-12H2,1H3/t14-/m1/s1. The maximum absolute atomic E-state index is 11.6. The summed E-state index contributed by atoms with van der Waals surface area (Å²) < 4.78 is 31.6. The van der Waals surface area contributed by atoms with E-state index in [1.807, 2.05) is 0 Å². The number of ether oxygens (including phenoxy) is 1. The summed E-state index contributed by atoms with van der Waals surface area (Å²) in [6.07, 6.45) is 8.62. The molecule has 3 aliphatic rings. The monoisotopic (exact) mass is 316 g/mol. The molecule has 0 bridgehead atoms. The van der Waals surface area contributed by atoms with Crippen LogP contribution < -0.4 is 4.72 Å². The molecule has 0 aromatic rings. The van der Waals surface area contributed by atoms with Gasteiger partial charge in [-0.05, 0) is 56.5 Å². The zero-order valence-electron chi connectivity index (χ0n) is 13.0. The summed E-state index contributed by atoms with van der Waals surface area (Å²) in [7, 11) is -3.17. The smallest absolute Gasteiger partial charge is 0.209 e. The minimum Gasteiger partial charge on any atom is -0.380 e. The van der Waals surface area contributed by atoms with Gasteiger partial charge in [-0.1, -0.05) is 6.42 Å². The van der Waals surface area contributed by atoms with Gasteiger partial charge in [0.1, 0.15) is 0 Å². The molecule has 3 fully saturated rings. The van der Waals surface area contributed by atoms with E-state index in [2.05, 4.69) is 9.62 Å². The van der Waals surface area contributed by atoms with Crippen molar-refractivity contribution < 1.29 is 13.2 Å². The molecule has 1 aliphatic carbocycles. The highest BCUT2D eigenvalue weighted by Crippen LogP contribution is 2.41. The van der Waals surface area contributed by atoms with E-state index in [4.69, 9.17) is 4.74 Å². The number of nitrogens with one attached hydrogen (secondary N) is 1. The Morgan fingerprint density at radius 2 is 1.95 bits per heavy atom. The minimum atomic E-state index is -3.17. The first kappa shape index (κ1) is 15.7. The molecule has 0 radical (unpaired) electrons. The molecule has 0 unspecified atom stereocenters. The van der Waals surface area contributed by atoms with E-state index >= 15 is 0 Å². The molecule has 0 amide bonds. The van der Waals surface area contributed by atoms with Crippen molar-refractivity contribution in [3.63, 3.8) is 0 Å². The first-order valence-corrected chi connectivity index (χ1v) is 10.1. The minimum absolute atomic E-state index is 0.0490. The first-order valence-electron chi connectivity index (χ1n) is 8.24. The third-order valence-electron chi connectivity index (χ3n) is 5.72. The Labute approximate surface area is 128 Å². The van der Waals surface area contributed by atoms with Crippen molar-refractivity contribution in [1.29, 1.82) is 0 Å². The van der Waals surface area contributed by atoms with E-state index in [9.17, 15) is 8.42 Å².